The molecule has 398 valence electrons. The van der Waals surface area contributed by atoms with E-state index in [0.717, 1.165) is 28.2 Å². The van der Waals surface area contributed by atoms with Gasteiger partial charge in [-0.2, -0.15) is 0 Å². The van der Waals surface area contributed by atoms with Crippen molar-refractivity contribution < 1.29 is 0 Å². The van der Waals surface area contributed by atoms with Gasteiger partial charge in [-0.25, -0.2) is 0 Å². The van der Waals surface area contributed by atoms with Crippen LogP contribution in [0.2, 0.25) is 0 Å². The SMILES string of the molecule is c1ccc(-c2ccc(-c3ccccc3N(c3ccc4c(c3)C3(c5ccccc5-c5ccccc53)c3ccccc3-4)c3ccc4cc(-c5ccc6c(c5)C5(c7ccccc7-6)c6ccccc6-n6c7ccccc7c7cccc5c76)ccc4c3)cc2)cc1. The average Bonchev–Trinajstić information content (AvgIpc) is 1.58. The van der Waals surface area contributed by atoms with E-state index in [9.17, 15) is 0 Å². The van der Waals surface area contributed by atoms with Gasteiger partial charge in [-0.3, -0.25) is 0 Å². The maximum Gasteiger partial charge on any atom is 0.0754 e. The summed E-state index contributed by atoms with van der Waals surface area (Å²) in [5.41, 5.74) is 31.6. The minimum atomic E-state index is -0.525. The monoisotopic (exact) mass is 1090 g/mol. The molecule has 2 heterocycles. The molecule has 0 bridgehead atoms. The number of nitrogens with zero attached hydrogens (tertiary/aromatic N) is 2. The summed E-state index contributed by atoms with van der Waals surface area (Å²) in [4.78, 5) is 2.51. The molecule has 4 aliphatic rings. The Morgan fingerprint density at radius 2 is 0.686 bits per heavy atom. The molecule has 0 amide bonds. The molecule has 3 aliphatic carbocycles. The Morgan fingerprint density at radius 1 is 0.244 bits per heavy atom. The molecule has 2 nitrogen and oxygen atoms in total. The normalized spacial score (nSPS) is 14.9. The van der Waals surface area contributed by atoms with Crippen LogP contribution in [0.4, 0.5) is 17.1 Å². The van der Waals surface area contributed by atoms with E-state index in [4.69, 9.17) is 0 Å². The van der Waals surface area contributed by atoms with Gasteiger partial charge in [-0.15, -0.1) is 0 Å². The zero-order valence-electron chi connectivity index (χ0n) is 46.9. The summed E-state index contributed by atoms with van der Waals surface area (Å²) >= 11 is 0. The Kier molecular flexibility index (Phi) is 9.78. The summed E-state index contributed by atoms with van der Waals surface area (Å²) in [6.07, 6.45) is 0. The molecule has 2 spiro atoms. The van der Waals surface area contributed by atoms with Gasteiger partial charge < -0.3 is 9.47 Å². The van der Waals surface area contributed by atoms with Gasteiger partial charge in [0.05, 0.1) is 33.2 Å². The van der Waals surface area contributed by atoms with Crippen LogP contribution in [0, 0.1) is 0 Å². The lowest BCUT2D eigenvalue weighted by Gasteiger charge is -2.39. The highest BCUT2D eigenvalue weighted by Crippen LogP contribution is 2.65. The molecule has 0 saturated carbocycles. The van der Waals surface area contributed by atoms with Crippen molar-refractivity contribution >= 4 is 49.6 Å². The lowest BCUT2D eigenvalue weighted by atomic mass is 9.65. The van der Waals surface area contributed by atoms with Crippen LogP contribution in [0.1, 0.15) is 44.5 Å². The van der Waals surface area contributed by atoms with Crippen LogP contribution < -0.4 is 4.90 Å². The minimum absolute atomic E-state index is 0.485. The summed E-state index contributed by atoms with van der Waals surface area (Å²) < 4.78 is 2.53. The zero-order valence-corrected chi connectivity index (χ0v) is 46.9. The van der Waals surface area contributed by atoms with Gasteiger partial charge in [-0.05, 0) is 171 Å². The Balaban J connectivity index is 0.783. The molecule has 1 aliphatic heterocycles. The molecule has 86 heavy (non-hydrogen) atoms. The third kappa shape index (κ3) is 6.24. The van der Waals surface area contributed by atoms with Gasteiger partial charge in [0, 0.05) is 27.7 Å². The minimum Gasteiger partial charge on any atom is -0.310 e. The Morgan fingerprint density at radius 3 is 1.40 bits per heavy atom. The fraction of sp³-hybridized carbons (Fsp3) is 0.0238. The van der Waals surface area contributed by atoms with Gasteiger partial charge in [-0.1, -0.05) is 261 Å². The molecule has 1 aromatic heterocycles. The van der Waals surface area contributed by atoms with E-state index in [1.54, 1.807) is 0 Å². The van der Waals surface area contributed by atoms with Gasteiger partial charge in [0.25, 0.3) is 0 Å². The Bertz CT molecular complexity index is 5310. The molecule has 0 radical (unpaired) electrons. The van der Waals surface area contributed by atoms with Crippen molar-refractivity contribution in [3.63, 3.8) is 0 Å². The summed E-state index contributed by atoms with van der Waals surface area (Å²) in [6.45, 7) is 0. The van der Waals surface area contributed by atoms with E-state index < -0.39 is 10.8 Å². The maximum atomic E-state index is 2.53. The third-order valence-corrected chi connectivity index (χ3v) is 19.8. The van der Waals surface area contributed by atoms with Crippen LogP contribution in [0.25, 0.3) is 105 Å². The number of benzene rings is 14. The second-order valence-corrected chi connectivity index (χ2v) is 23.8. The second kappa shape index (κ2) is 17.7. The summed E-state index contributed by atoms with van der Waals surface area (Å²) in [7, 11) is 0. The first-order chi connectivity index (χ1) is 42.7. The molecule has 15 aromatic rings. The van der Waals surface area contributed by atoms with Crippen molar-refractivity contribution in [2.45, 2.75) is 10.8 Å². The molecule has 1 unspecified atom stereocenters. The van der Waals surface area contributed by atoms with E-state index in [1.807, 2.05) is 0 Å². The Hall–Kier alpha value is -11.1. The number of hydrogen-bond donors (Lipinski definition) is 0. The highest BCUT2D eigenvalue weighted by molar-refractivity contribution is 6.13. The van der Waals surface area contributed by atoms with Crippen molar-refractivity contribution in [1.82, 2.24) is 4.57 Å². The quantitative estimate of drug-likeness (QED) is 0.161. The fourth-order valence-corrected chi connectivity index (χ4v) is 16.3. The van der Waals surface area contributed by atoms with Crippen LogP contribution in [0.5, 0.6) is 0 Å². The largest absolute Gasteiger partial charge is 0.310 e. The first-order valence-electron chi connectivity index (χ1n) is 30.1. The molecular formula is C84H52N2. The number of rotatable bonds is 6. The number of anilines is 3. The second-order valence-electron chi connectivity index (χ2n) is 23.8. The molecule has 0 saturated heterocycles. The van der Waals surface area contributed by atoms with Crippen LogP contribution >= 0.6 is 0 Å². The lowest BCUT2D eigenvalue weighted by molar-refractivity contribution is 0.749. The topological polar surface area (TPSA) is 8.17 Å². The molecule has 19 rings (SSSR count). The highest BCUT2D eigenvalue weighted by Gasteiger charge is 2.53. The number of fused-ring (bicyclic) bond motifs is 23. The zero-order chi connectivity index (χ0) is 56.2. The van der Waals surface area contributed by atoms with E-state index in [-0.39, 0.29) is 0 Å². The predicted octanol–water partition coefficient (Wildman–Crippen LogP) is 21.4. The van der Waals surface area contributed by atoms with Crippen molar-refractivity contribution in [1.29, 1.82) is 0 Å². The summed E-state index contributed by atoms with van der Waals surface area (Å²) in [5.74, 6) is 0. The van der Waals surface area contributed by atoms with Crippen LogP contribution in [-0.4, -0.2) is 4.57 Å². The van der Waals surface area contributed by atoms with E-state index >= 15 is 0 Å². The standard InChI is InChI=1S/C84H52N2/c1-2-19-53(20-3-1)54-37-39-55(40-38-54)62-21-8-15-34-79(62)85(61-46-48-68-66-25-6-12-30-73(66)83(78(68)52-61)71-28-10-4-22-63(71)64-23-5-11-29-72(64)83)60-45-43-57-49-56(41-42-58(57)50-60)59-44-47-67-65-24-7-13-31-74(65)84(77(67)51-59)75-32-14-17-36-81(75)86-80-35-16-9-26-69(80)70-27-18-33-76(84)82(70)86/h1-52H. The van der Waals surface area contributed by atoms with E-state index in [0.29, 0.717) is 0 Å². The van der Waals surface area contributed by atoms with Crippen LogP contribution in [-0.2, 0) is 10.8 Å². The molecule has 2 heteroatoms. The van der Waals surface area contributed by atoms with Gasteiger partial charge in [0.2, 0.25) is 0 Å². The first kappa shape index (κ1) is 47.4. The van der Waals surface area contributed by atoms with Crippen molar-refractivity contribution in [3.8, 4) is 72.4 Å². The summed E-state index contributed by atoms with van der Waals surface area (Å²) in [5, 5.41) is 4.94. The summed E-state index contributed by atoms with van der Waals surface area (Å²) in [6, 6.07) is 119. The number of hydrogen-bond acceptors (Lipinski definition) is 1. The predicted molar refractivity (Wildman–Crippen MR) is 356 cm³/mol. The molecular weight excluding hydrogens is 1040 g/mol. The van der Waals surface area contributed by atoms with Crippen molar-refractivity contribution in [2.75, 3.05) is 4.90 Å². The number of para-hydroxylation sites is 4. The van der Waals surface area contributed by atoms with Crippen LogP contribution in [0.15, 0.2) is 315 Å². The van der Waals surface area contributed by atoms with Gasteiger partial charge in [0.1, 0.15) is 0 Å². The third-order valence-electron chi connectivity index (χ3n) is 19.8. The van der Waals surface area contributed by atoms with E-state index in [1.165, 1.54) is 138 Å². The van der Waals surface area contributed by atoms with E-state index in [2.05, 4.69) is 325 Å². The van der Waals surface area contributed by atoms with Crippen molar-refractivity contribution in [2.24, 2.45) is 0 Å². The lowest BCUT2D eigenvalue weighted by Crippen LogP contribution is -2.33. The molecule has 1 atom stereocenters. The van der Waals surface area contributed by atoms with Crippen molar-refractivity contribution in [3.05, 3.63) is 360 Å². The van der Waals surface area contributed by atoms with Gasteiger partial charge >= 0.3 is 0 Å². The highest BCUT2D eigenvalue weighted by atomic mass is 15.1. The smallest absolute Gasteiger partial charge is 0.0754 e. The average molecular weight is 1090 g/mol. The molecule has 0 N–H and O–H groups in total. The number of aromatic nitrogens is 1. The molecule has 14 aromatic carbocycles. The van der Waals surface area contributed by atoms with Crippen LogP contribution in [0.3, 0.4) is 0 Å². The fourth-order valence-electron chi connectivity index (χ4n) is 16.3. The maximum absolute atomic E-state index is 2.53. The first-order valence-corrected chi connectivity index (χ1v) is 30.1. The molecule has 0 fully saturated rings. The van der Waals surface area contributed by atoms with Gasteiger partial charge in [0.15, 0.2) is 0 Å². The Labute approximate surface area is 499 Å².